The quantitative estimate of drug-likeness (QED) is 0.550. The summed E-state index contributed by atoms with van der Waals surface area (Å²) in [6, 6.07) is 17.4. The van der Waals surface area contributed by atoms with Gasteiger partial charge in [0.05, 0.1) is 6.10 Å². The van der Waals surface area contributed by atoms with E-state index in [0.717, 1.165) is 17.7 Å². The normalized spacial score (nSPS) is 13.2. The first-order valence-corrected chi connectivity index (χ1v) is 9.51. The molecule has 0 saturated heterocycles. The van der Waals surface area contributed by atoms with Crippen LogP contribution in [-0.4, -0.2) is 56.8 Å². The smallest absolute Gasteiger partial charge is 0.257 e. The van der Waals surface area contributed by atoms with E-state index in [1.165, 1.54) is 0 Å². The molecule has 6 heteroatoms. The van der Waals surface area contributed by atoms with Crippen molar-refractivity contribution in [2.45, 2.75) is 12.6 Å². The van der Waals surface area contributed by atoms with Crippen molar-refractivity contribution in [3.8, 4) is 5.75 Å². The second kappa shape index (κ2) is 11.4. The van der Waals surface area contributed by atoms with E-state index in [2.05, 4.69) is 15.5 Å². The molecule has 2 unspecified atom stereocenters. The predicted octanol–water partition coefficient (Wildman–Crippen LogP) is 1.81. The number of aliphatic hydroxyl groups is 1. The topological polar surface area (TPSA) is 73.8 Å². The molecular formula is C22H31N3O3. The molecule has 152 valence electrons. The molecule has 0 spiro atoms. The Balaban J connectivity index is 1.97. The highest BCUT2D eigenvalue weighted by atomic mass is 16.5. The Kier molecular flexibility index (Phi) is 8.94. The number of amides is 1. The van der Waals surface area contributed by atoms with Crippen molar-refractivity contribution >= 4 is 5.91 Å². The van der Waals surface area contributed by atoms with Crippen molar-refractivity contribution in [3.63, 3.8) is 0 Å². The Bertz CT molecular complexity index is 722. The van der Waals surface area contributed by atoms with Crippen LogP contribution in [0, 0.1) is 5.92 Å². The number of nitrogens with zero attached hydrogens (tertiary/aromatic N) is 1. The molecule has 2 rings (SSSR count). The lowest BCUT2D eigenvalue weighted by Gasteiger charge is -2.27. The van der Waals surface area contributed by atoms with Gasteiger partial charge in [0.2, 0.25) is 0 Å². The Morgan fingerprint density at radius 2 is 1.79 bits per heavy atom. The monoisotopic (exact) mass is 385 g/mol. The number of benzene rings is 2. The standard InChI is InChI=1S/C22H31N3O3/c1-23-21(26)16-28-20-12-8-7-11-18(20)13-24-14-19(15-25(2)3)22(27)17-9-5-4-6-10-17/h4-12,19,22,24,27H,13-16H2,1-3H3,(H,23,26). The van der Waals surface area contributed by atoms with Crippen LogP contribution in [0.1, 0.15) is 17.2 Å². The molecule has 28 heavy (non-hydrogen) atoms. The first-order valence-electron chi connectivity index (χ1n) is 9.51. The number of likely N-dealkylation sites (N-methyl/N-ethyl adjacent to an activating group) is 1. The summed E-state index contributed by atoms with van der Waals surface area (Å²) in [6.45, 7) is 1.99. The Morgan fingerprint density at radius 1 is 1.11 bits per heavy atom. The van der Waals surface area contributed by atoms with Gasteiger partial charge in [-0.25, -0.2) is 0 Å². The summed E-state index contributed by atoms with van der Waals surface area (Å²) in [5.41, 5.74) is 1.90. The number of hydrogen-bond acceptors (Lipinski definition) is 5. The van der Waals surface area contributed by atoms with Crippen molar-refractivity contribution in [1.82, 2.24) is 15.5 Å². The Labute approximate surface area is 167 Å². The van der Waals surface area contributed by atoms with E-state index in [9.17, 15) is 9.90 Å². The van der Waals surface area contributed by atoms with E-state index in [4.69, 9.17) is 4.74 Å². The molecule has 0 saturated carbocycles. The highest BCUT2D eigenvalue weighted by Crippen LogP contribution is 2.23. The van der Waals surface area contributed by atoms with Crippen LogP contribution in [0.15, 0.2) is 54.6 Å². The van der Waals surface area contributed by atoms with Gasteiger partial charge in [-0.2, -0.15) is 0 Å². The zero-order valence-corrected chi connectivity index (χ0v) is 16.9. The summed E-state index contributed by atoms with van der Waals surface area (Å²) >= 11 is 0. The number of carbonyl (C=O) groups is 1. The van der Waals surface area contributed by atoms with Crippen LogP contribution in [0.3, 0.4) is 0 Å². The number of para-hydroxylation sites is 1. The minimum Gasteiger partial charge on any atom is -0.483 e. The van der Waals surface area contributed by atoms with Crippen LogP contribution >= 0.6 is 0 Å². The molecule has 2 aromatic rings. The summed E-state index contributed by atoms with van der Waals surface area (Å²) in [6.07, 6.45) is -0.546. The van der Waals surface area contributed by atoms with Crippen LogP contribution in [0.5, 0.6) is 5.75 Å². The van der Waals surface area contributed by atoms with E-state index in [1.54, 1.807) is 7.05 Å². The van der Waals surface area contributed by atoms with Gasteiger partial charge in [0.1, 0.15) is 5.75 Å². The third kappa shape index (κ3) is 6.96. The van der Waals surface area contributed by atoms with Crippen LogP contribution in [-0.2, 0) is 11.3 Å². The fourth-order valence-electron chi connectivity index (χ4n) is 3.07. The predicted molar refractivity (Wildman–Crippen MR) is 111 cm³/mol. The number of ether oxygens (including phenoxy) is 1. The number of hydrogen-bond donors (Lipinski definition) is 3. The van der Waals surface area contributed by atoms with Gasteiger partial charge in [0.15, 0.2) is 6.61 Å². The number of nitrogens with one attached hydrogen (secondary N) is 2. The Morgan fingerprint density at radius 3 is 2.46 bits per heavy atom. The third-order valence-corrected chi connectivity index (χ3v) is 4.52. The van der Waals surface area contributed by atoms with Crippen LogP contribution < -0.4 is 15.4 Å². The molecule has 2 aromatic carbocycles. The van der Waals surface area contributed by atoms with E-state index >= 15 is 0 Å². The van der Waals surface area contributed by atoms with Gasteiger partial charge in [0, 0.05) is 38.2 Å². The lowest BCUT2D eigenvalue weighted by atomic mass is 9.95. The first-order chi connectivity index (χ1) is 13.5. The van der Waals surface area contributed by atoms with Crippen molar-refractivity contribution in [2.24, 2.45) is 5.92 Å². The maximum Gasteiger partial charge on any atom is 0.257 e. The van der Waals surface area contributed by atoms with Crippen LogP contribution in [0.25, 0.3) is 0 Å². The number of rotatable bonds is 11. The fraction of sp³-hybridized carbons (Fsp3) is 0.409. The summed E-state index contributed by atoms with van der Waals surface area (Å²) in [4.78, 5) is 13.5. The molecule has 3 N–H and O–H groups in total. The fourth-order valence-corrected chi connectivity index (χ4v) is 3.07. The van der Waals surface area contributed by atoms with Crippen molar-refractivity contribution < 1.29 is 14.6 Å². The van der Waals surface area contributed by atoms with Crippen LogP contribution in [0.4, 0.5) is 0 Å². The number of carbonyl (C=O) groups excluding carboxylic acids is 1. The van der Waals surface area contributed by atoms with Crippen LogP contribution in [0.2, 0.25) is 0 Å². The zero-order chi connectivity index (χ0) is 20.4. The van der Waals surface area contributed by atoms with Gasteiger partial charge in [-0.05, 0) is 25.7 Å². The molecule has 0 bridgehead atoms. The molecule has 6 nitrogen and oxygen atoms in total. The lowest BCUT2D eigenvalue weighted by Crippen LogP contribution is -2.34. The maximum atomic E-state index is 11.4. The van der Waals surface area contributed by atoms with Gasteiger partial charge >= 0.3 is 0 Å². The van der Waals surface area contributed by atoms with E-state index in [-0.39, 0.29) is 18.4 Å². The molecule has 0 aliphatic carbocycles. The van der Waals surface area contributed by atoms with Crippen molar-refractivity contribution in [2.75, 3.05) is 40.8 Å². The molecule has 0 aromatic heterocycles. The minimum absolute atomic E-state index is 0.0104. The highest BCUT2D eigenvalue weighted by molar-refractivity contribution is 5.77. The van der Waals surface area contributed by atoms with E-state index in [0.29, 0.717) is 18.8 Å². The van der Waals surface area contributed by atoms with E-state index in [1.807, 2.05) is 68.7 Å². The molecule has 0 aliphatic heterocycles. The van der Waals surface area contributed by atoms with E-state index < -0.39 is 6.10 Å². The molecule has 0 heterocycles. The summed E-state index contributed by atoms with van der Waals surface area (Å²) in [7, 11) is 5.60. The number of aliphatic hydroxyl groups excluding tert-OH is 1. The molecule has 0 radical (unpaired) electrons. The average molecular weight is 386 g/mol. The van der Waals surface area contributed by atoms with Gasteiger partial charge in [-0.3, -0.25) is 4.79 Å². The SMILES string of the molecule is CNC(=O)COc1ccccc1CNCC(CN(C)C)C(O)c1ccccc1. The van der Waals surface area contributed by atoms with Gasteiger partial charge in [-0.1, -0.05) is 48.5 Å². The van der Waals surface area contributed by atoms with Gasteiger partial charge < -0.3 is 25.4 Å². The second-order valence-corrected chi connectivity index (χ2v) is 7.08. The average Bonchev–Trinajstić information content (AvgIpc) is 2.71. The first kappa shape index (κ1) is 21.9. The second-order valence-electron chi connectivity index (χ2n) is 7.08. The minimum atomic E-state index is -0.546. The van der Waals surface area contributed by atoms with Gasteiger partial charge in [-0.15, -0.1) is 0 Å². The molecule has 1 amide bonds. The Hall–Kier alpha value is -2.41. The highest BCUT2D eigenvalue weighted by Gasteiger charge is 2.21. The lowest BCUT2D eigenvalue weighted by molar-refractivity contribution is -0.122. The van der Waals surface area contributed by atoms with Gasteiger partial charge in [0.25, 0.3) is 5.91 Å². The molecule has 0 fully saturated rings. The molecular weight excluding hydrogens is 354 g/mol. The van der Waals surface area contributed by atoms with Crippen molar-refractivity contribution in [3.05, 3.63) is 65.7 Å². The summed E-state index contributed by atoms with van der Waals surface area (Å²) in [5, 5.41) is 16.8. The third-order valence-electron chi connectivity index (χ3n) is 4.52. The molecule has 2 atom stereocenters. The summed E-state index contributed by atoms with van der Waals surface area (Å²) < 4.78 is 5.62. The summed E-state index contributed by atoms with van der Waals surface area (Å²) in [5.74, 6) is 0.558. The molecule has 0 aliphatic rings. The maximum absolute atomic E-state index is 11.4. The van der Waals surface area contributed by atoms with Crippen molar-refractivity contribution in [1.29, 1.82) is 0 Å². The zero-order valence-electron chi connectivity index (χ0n) is 16.9. The largest absolute Gasteiger partial charge is 0.483 e.